The van der Waals surface area contributed by atoms with E-state index in [0.717, 1.165) is 12.8 Å². The van der Waals surface area contributed by atoms with Crippen LogP contribution in [0.25, 0.3) is 0 Å². The van der Waals surface area contributed by atoms with Gasteiger partial charge in [-0.2, -0.15) is 5.10 Å². The molecule has 0 saturated carbocycles. The molecule has 22 heavy (non-hydrogen) atoms. The van der Waals surface area contributed by atoms with Gasteiger partial charge in [0.2, 0.25) is 0 Å². The predicted octanol–water partition coefficient (Wildman–Crippen LogP) is 3.93. The summed E-state index contributed by atoms with van der Waals surface area (Å²) in [6, 6.07) is 1.66. The van der Waals surface area contributed by atoms with E-state index in [1.165, 1.54) is 56.0 Å². The van der Waals surface area contributed by atoms with Crippen LogP contribution in [0.3, 0.4) is 0 Å². The Kier molecular flexibility index (Phi) is 10.2. The molecule has 0 atom stereocenters. The topological polar surface area (TPSA) is 70.1 Å². The Hall–Kier alpha value is -1.52. The van der Waals surface area contributed by atoms with Crippen molar-refractivity contribution in [2.24, 2.45) is 0 Å². The van der Waals surface area contributed by atoms with E-state index in [0.29, 0.717) is 12.4 Å². The molecule has 0 aromatic carbocycles. The van der Waals surface area contributed by atoms with Crippen molar-refractivity contribution in [2.45, 2.75) is 77.7 Å². The van der Waals surface area contributed by atoms with Crippen molar-refractivity contribution in [1.82, 2.24) is 9.78 Å². The summed E-state index contributed by atoms with van der Waals surface area (Å²) in [6.45, 7) is 2.89. The van der Waals surface area contributed by atoms with Gasteiger partial charge in [0, 0.05) is 6.20 Å². The van der Waals surface area contributed by atoms with Gasteiger partial charge in [0.15, 0.2) is 0 Å². The lowest BCUT2D eigenvalue weighted by molar-refractivity contribution is -0.144. The summed E-state index contributed by atoms with van der Waals surface area (Å²) in [6.07, 6.45) is 14.4. The Morgan fingerprint density at radius 2 is 1.68 bits per heavy atom. The second-order valence-corrected chi connectivity index (χ2v) is 5.84. The number of nitrogens with two attached hydrogens (primary N) is 1. The van der Waals surface area contributed by atoms with Gasteiger partial charge in [-0.15, -0.1) is 0 Å². The highest BCUT2D eigenvalue weighted by molar-refractivity contribution is 5.69. The number of aromatic nitrogens is 2. The first-order chi connectivity index (χ1) is 10.7. The quantitative estimate of drug-likeness (QED) is 0.443. The molecule has 2 N–H and O–H groups in total. The van der Waals surface area contributed by atoms with Gasteiger partial charge in [0.1, 0.15) is 12.4 Å². The first-order valence-electron chi connectivity index (χ1n) is 8.67. The number of carbonyl (C=O) groups excluding carboxylic acids is 1. The first-order valence-corrected chi connectivity index (χ1v) is 8.67. The molecular weight excluding hydrogens is 278 g/mol. The summed E-state index contributed by atoms with van der Waals surface area (Å²) in [7, 11) is 0. The van der Waals surface area contributed by atoms with E-state index in [9.17, 15) is 4.79 Å². The fourth-order valence-corrected chi connectivity index (χ4v) is 2.42. The minimum absolute atomic E-state index is 0.134. The van der Waals surface area contributed by atoms with E-state index in [1.54, 1.807) is 12.3 Å². The van der Waals surface area contributed by atoms with Gasteiger partial charge in [-0.1, -0.05) is 64.7 Å². The molecule has 1 heterocycles. The molecule has 0 saturated heterocycles. The van der Waals surface area contributed by atoms with Gasteiger partial charge in [-0.25, -0.2) is 0 Å². The molecule has 5 heteroatoms. The molecule has 0 unspecified atom stereocenters. The summed E-state index contributed by atoms with van der Waals surface area (Å²) in [5, 5.41) is 3.95. The van der Waals surface area contributed by atoms with Gasteiger partial charge < -0.3 is 10.5 Å². The Labute approximate surface area is 134 Å². The van der Waals surface area contributed by atoms with Crippen LogP contribution in [0.5, 0.6) is 0 Å². The number of anilines is 1. The highest BCUT2D eigenvalue weighted by Crippen LogP contribution is 2.10. The lowest BCUT2D eigenvalue weighted by atomic mass is 10.1. The van der Waals surface area contributed by atoms with Crippen LogP contribution in [-0.4, -0.2) is 22.4 Å². The van der Waals surface area contributed by atoms with Crippen molar-refractivity contribution in [3.05, 3.63) is 12.3 Å². The normalized spacial score (nSPS) is 10.8. The number of unbranched alkanes of at least 4 members (excludes halogenated alkanes) is 9. The zero-order valence-electron chi connectivity index (χ0n) is 13.9. The Bertz CT molecular complexity index is 404. The number of esters is 1. The molecule has 0 fully saturated rings. The molecule has 1 rings (SSSR count). The SMILES string of the molecule is CCCCCCCCCCCCOC(=O)Cn1ccc(N)n1. The third-order valence-electron chi connectivity index (χ3n) is 3.71. The first kappa shape index (κ1) is 18.5. The van der Waals surface area contributed by atoms with Crippen LogP contribution in [0.2, 0.25) is 0 Å². The van der Waals surface area contributed by atoms with Gasteiger partial charge >= 0.3 is 5.97 Å². The summed E-state index contributed by atoms with van der Waals surface area (Å²) >= 11 is 0. The molecule has 0 aliphatic carbocycles. The van der Waals surface area contributed by atoms with Crippen molar-refractivity contribution >= 4 is 11.8 Å². The number of hydrogen-bond donors (Lipinski definition) is 1. The Morgan fingerprint density at radius 1 is 1.09 bits per heavy atom. The van der Waals surface area contributed by atoms with Crippen LogP contribution in [0.1, 0.15) is 71.1 Å². The average Bonchev–Trinajstić information content (AvgIpc) is 2.90. The van der Waals surface area contributed by atoms with E-state index in [4.69, 9.17) is 10.5 Å². The van der Waals surface area contributed by atoms with E-state index in [1.807, 2.05) is 0 Å². The molecule has 0 spiro atoms. The average molecular weight is 309 g/mol. The molecular formula is C17H31N3O2. The lowest BCUT2D eigenvalue weighted by Crippen LogP contribution is -2.14. The molecule has 0 amide bonds. The summed E-state index contributed by atoms with van der Waals surface area (Å²) < 4.78 is 6.68. The maximum atomic E-state index is 11.6. The second kappa shape index (κ2) is 12.1. The van der Waals surface area contributed by atoms with Crippen molar-refractivity contribution < 1.29 is 9.53 Å². The van der Waals surface area contributed by atoms with Gasteiger partial charge in [0.25, 0.3) is 0 Å². The van der Waals surface area contributed by atoms with Gasteiger partial charge in [-0.3, -0.25) is 9.48 Å². The fraction of sp³-hybridized carbons (Fsp3) is 0.765. The standard InChI is InChI=1S/C17H31N3O2/c1-2-3-4-5-6-7-8-9-10-11-14-22-17(21)15-20-13-12-16(18)19-20/h12-13H,2-11,14-15H2,1H3,(H2,18,19). The van der Waals surface area contributed by atoms with Crippen LogP contribution < -0.4 is 5.73 Å². The summed E-state index contributed by atoms with van der Waals surface area (Å²) in [4.78, 5) is 11.6. The zero-order valence-corrected chi connectivity index (χ0v) is 13.9. The monoisotopic (exact) mass is 309 g/mol. The number of carbonyl (C=O) groups is 1. The molecule has 126 valence electrons. The highest BCUT2D eigenvalue weighted by Gasteiger charge is 2.04. The second-order valence-electron chi connectivity index (χ2n) is 5.84. The largest absolute Gasteiger partial charge is 0.464 e. The van der Waals surface area contributed by atoms with Crippen LogP contribution in [0, 0.1) is 0 Å². The molecule has 0 radical (unpaired) electrons. The number of nitrogens with zero attached hydrogens (tertiary/aromatic N) is 2. The van der Waals surface area contributed by atoms with Gasteiger partial charge in [-0.05, 0) is 12.5 Å². The zero-order chi connectivity index (χ0) is 16.0. The van der Waals surface area contributed by atoms with Crippen molar-refractivity contribution in [2.75, 3.05) is 12.3 Å². The predicted molar refractivity (Wildman–Crippen MR) is 89.4 cm³/mol. The molecule has 5 nitrogen and oxygen atoms in total. The fourth-order valence-electron chi connectivity index (χ4n) is 2.42. The van der Waals surface area contributed by atoms with Crippen molar-refractivity contribution in [1.29, 1.82) is 0 Å². The highest BCUT2D eigenvalue weighted by atomic mass is 16.5. The van der Waals surface area contributed by atoms with E-state index < -0.39 is 0 Å². The number of hydrogen-bond acceptors (Lipinski definition) is 4. The van der Waals surface area contributed by atoms with Crippen molar-refractivity contribution in [3.63, 3.8) is 0 Å². The number of rotatable bonds is 13. The number of ether oxygens (including phenoxy) is 1. The minimum atomic E-state index is -0.251. The van der Waals surface area contributed by atoms with E-state index in [2.05, 4.69) is 12.0 Å². The smallest absolute Gasteiger partial charge is 0.327 e. The molecule has 0 aliphatic rings. The molecule has 1 aromatic heterocycles. The maximum absolute atomic E-state index is 11.6. The third-order valence-corrected chi connectivity index (χ3v) is 3.71. The van der Waals surface area contributed by atoms with Crippen LogP contribution in [0.15, 0.2) is 12.3 Å². The summed E-state index contributed by atoms with van der Waals surface area (Å²) in [5.74, 6) is 0.168. The summed E-state index contributed by atoms with van der Waals surface area (Å²) in [5.41, 5.74) is 5.48. The Morgan fingerprint density at radius 3 is 2.23 bits per heavy atom. The maximum Gasteiger partial charge on any atom is 0.327 e. The third kappa shape index (κ3) is 9.42. The van der Waals surface area contributed by atoms with Gasteiger partial charge in [0.05, 0.1) is 6.61 Å². The van der Waals surface area contributed by atoms with Crippen LogP contribution in [-0.2, 0) is 16.1 Å². The van der Waals surface area contributed by atoms with Crippen LogP contribution in [0.4, 0.5) is 5.82 Å². The molecule has 1 aromatic rings. The minimum Gasteiger partial charge on any atom is -0.464 e. The van der Waals surface area contributed by atoms with Crippen molar-refractivity contribution in [3.8, 4) is 0 Å². The molecule has 0 aliphatic heterocycles. The van der Waals surface area contributed by atoms with E-state index >= 15 is 0 Å². The number of nitrogen functional groups attached to an aromatic ring is 1. The Balaban J connectivity index is 1.86. The van der Waals surface area contributed by atoms with E-state index in [-0.39, 0.29) is 12.5 Å². The molecule has 0 bridgehead atoms. The lowest BCUT2D eigenvalue weighted by Gasteiger charge is -2.05. The van der Waals surface area contributed by atoms with Crippen LogP contribution >= 0.6 is 0 Å².